The zero-order chi connectivity index (χ0) is 19.8. The lowest BCUT2D eigenvalue weighted by atomic mass is 9.95. The highest BCUT2D eigenvalue weighted by Gasteiger charge is 2.29. The number of piperidine rings is 1. The van der Waals surface area contributed by atoms with Crippen molar-refractivity contribution in [2.75, 3.05) is 44.6 Å². The van der Waals surface area contributed by atoms with Crippen molar-refractivity contribution in [2.45, 2.75) is 45.4 Å². The highest BCUT2D eigenvalue weighted by atomic mass is 16.5. The van der Waals surface area contributed by atoms with Gasteiger partial charge in [-0.15, -0.1) is 0 Å². The third kappa shape index (κ3) is 5.71. The second-order valence-electron chi connectivity index (χ2n) is 7.77. The molecule has 2 aliphatic heterocycles. The molecule has 1 aromatic rings. The van der Waals surface area contributed by atoms with E-state index < -0.39 is 0 Å². The summed E-state index contributed by atoms with van der Waals surface area (Å²) in [6, 6.07) is 7.50. The van der Waals surface area contributed by atoms with E-state index in [-0.39, 0.29) is 11.8 Å². The molecule has 0 bridgehead atoms. The molecule has 2 heterocycles. The predicted octanol–water partition coefficient (Wildman–Crippen LogP) is 3.14. The number of amides is 2. The molecule has 154 valence electrons. The first-order valence-electron chi connectivity index (χ1n) is 10.7. The smallest absolute Gasteiger partial charge is 0.238 e. The van der Waals surface area contributed by atoms with E-state index in [0.29, 0.717) is 30.5 Å². The van der Waals surface area contributed by atoms with Gasteiger partial charge >= 0.3 is 0 Å². The largest absolute Gasteiger partial charge is 0.492 e. The van der Waals surface area contributed by atoms with Gasteiger partial charge in [0, 0.05) is 19.0 Å². The summed E-state index contributed by atoms with van der Waals surface area (Å²) in [5, 5.41) is 2.95. The molecule has 0 spiro atoms. The molecule has 2 amide bonds. The molecule has 1 N–H and O–H groups in total. The minimum Gasteiger partial charge on any atom is -0.492 e. The lowest BCUT2D eigenvalue weighted by Crippen LogP contribution is -2.44. The van der Waals surface area contributed by atoms with Crippen LogP contribution in [0.1, 0.15) is 45.4 Å². The van der Waals surface area contributed by atoms with E-state index in [1.807, 2.05) is 31.2 Å². The number of anilines is 1. The molecular weight excluding hydrogens is 354 g/mol. The van der Waals surface area contributed by atoms with Gasteiger partial charge in [-0.25, -0.2) is 0 Å². The van der Waals surface area contributed by atoms with Crippen LogP contribution in [-0.4, -0.2) is 60.9 Å². The Balaban J connectivity index is 1.45. The van der Waals surface area contributed by atoms with Gasteiger partial charge < -0.3 is 15.0 Å². The number of benzene rings is 1. The number of nitrogens with zero attached hydrogens (tertiary/aromatic N) is 2. The molecule has 0 atom stereocenters. The normalized spacial score (nSPS) is 19.1. The number of likely N-dealkylation sites (tertiary alicyclic amines) is 2. The molecule has 0 aliphatic carbocycles. The third-order valence-electron chi connectivity index (χ3n) is 5.68. The molecule has 0 radical (unpaired) electrons. The van der Waals surface area contributed by atoms with Gasteiger partial charge in [0.05, 0.1) is 18.8 Å². The van der Waals surface area contributed by atoms with E-state index in [4.69, 9.17) is 4.74 Å². The number of para-hydroxylation sites is 2. The van der Waals surface area contributed by atoms with Gasteiger partial charge in [0.15, 0.2) is 0 Å². The zero-order valence-corrected chi connectivity index (χ0v) is 17.0. The molecular formula is C22H33N3O3. The Labute approximate surface area is 168 Å². The SMILES string of the molecule is CCOc1ccccc1NC(=O)CN1CCC(C(=O)N2CCCCCC2)CC1. The minimum atomic E-state index is -0.0375. The average molecular weight is 388 g/mol. The molecule has 2 aliphatic rings. The van der Waals surface area contributed by atoms with Crippen molar-refractivity contribution in [3.8, 4) is 5.75 Å². The Morgan fingerprint density at radius 3 is 2.39 bits per heavy atom. The van der Waals surface area contributed by atoms with Gasteiger partial charge in [-0.1, -0.05) is 25.0 Å². The molecule has 2 fully saturated rings. The summed E-state index contributed by atoms with van der Waals surface area (Å²) >= 11 is 0. The van der Waals surface area contributed by atoms with Crippen LogP contribution in [0.25, 0.3) is 0 Å². The van der Waals surface area contributed by atoms with Crippen LogP contribution in [0.2, 0.25) is 0 Å². The second-order valence-corrected chi connectivity index (χ2v) is 7.77. The van der Waals surface area contributed by atoms with Crippen LogP contribution in [0.15, 0.2) is 24.3 Å². The van der Waals surface area contributed by atoms with E-state index in [2.05, 4.69) is 15.1 Å². The van der Waals surface area contributed by atoms with Gasteiger partial charge in [0.25, 0.3) is 0 Å². The molecule has 0 aromatic heterocycles. The first kappa shape index (κ1) is 20.6. The van der Waals surface area contributed by atoms with Crippen molar-refractivity contribution >= 4 is 17.5 Å². The van der Waals surface area contributed by atoms with Crippen molar-refractivity contribution < 1.29 is 14.3 Å². The van der Waals surface area contributed by atoms with Gasteiger partial charge in [-0.2, -0.15) is 0 Å². The summed E-state index contributed by atoms with van der Waals surface area (Å²) in [6.45, 7) is 6.27. The Morgan fingerprint density at radius 2 is 1.71 bits per heavy atom. The Morgan fingerprint density at radius 1 is 1.04 bits per heavy atom. The minimum absolute atomic E-state index is 0.0375. The quantitative estimate of drug-likeness (QED) is 0.815. The fraction of sp³-hybridized carbons (Fsp3) is 0.636. The summed E-state index contributed by atoms with van der Waals surface area (Å²) in [7, 11) is 0. The van der Waals surface area contributed by atoms with Crippen LogP contribution < -0.4 is 10.1 Å². The fourth-order valence-electron chi connectivity index (χ4n) is 4.13. The Kier molecular flexibility index (Phi) is 7.71. The maximum Gasteiger partial charge on any atom is 0.238 e. The van der Waals surface area contributed by atoms with Crippen LogP contribution in [0.4, 0.5) is 5.69 Å². The molecule has 0 saturated carbocycles. The molecule has 2 saturated heterocycles. The molecule has 3 rings (SSSR count). The first-order chi connectivity index (χ1) is 13.7. The number of ether oxygens (including phenoxy) is 1. The van der Waals surface area contributed by atoms with E-state index in [9.17, 15) is 9.59 Å². The lowest BCUT2D eigenvalue weighted by molar-refractivity contribution is -0.137. The maximum absolute atomic E-state index is 12.8. The Bertz CT molecular complexity index is 648. The van der Waals surface area contributed by atoms with Gasteiger partial charge in [-0.05, 0) is 57.8 Å². The number of carbonyl (C=O) groups excluding carboxylic acids is 2. The molecule has 6 heteroatoms. The van der Waals surface area contributed by atoms with Crippen LogP contribution in [0, 0.1) is 5.92 Å². The first-order valence-corrected chi connectivity index (χ1v) is 10.7. The van der Waals surface area contributed by atoms with E-state index in [1.165, 1.54) is 12.8 Å². The number of hydrogen-bond acceptors (Lipinski definition) is 4. The van der Waals surface area contributed by atoms with Crippen molar-refractivity contribution in [1.82, 2.24) is 9.80 Å². The molecule has 0 unspecified atom stereocenters. The number of nitrogens with one attached hydrogen (secondary N) is 1. The van der Waals surface area contributed by atoms with Crippen LogP contribution >= 0.6 is 0 Å². The summed E-state index contributed by atoms with van der Waals surface area (Å²) in [4.78, 5) is 29.5. The van der Waals surface area contributed by atoms with Crippen molar-refractivity contribution in [2.24, 2.45) is 5.92 Å². The summed E-state index contributed by atoms with van der Waals surface area (Å²) in [6.07, 6.45) is 6.44. The topological polar surface area (TPSA) is 61.9 Å². The maximum atomic E-state index is 12.8. The van der Waals surface area contributed by atoms with E-state index in [0.717, 1.165) is 51.9 Å². The van der Waals surface area contributed by atoms with Gasteiger partial charge in [-0.3, -0.25) is 14.5 Å². The molecule has 6 nitrogen and oxygen atoms in total. The number of rotatable bonds is 6. The third-order valence-corrected chi connectivity index (χ3v) is 5.68. The van der Waals surface area contributed by atoms with Crippen LogP contribution in [0.5, 0.6) is 5.75 Å². The highest BCUT2D eigenvalue weighted by molar-refractivity contribution is 5.93. The van der Waals surface area contributed by atoms with Gasteiger partial charge in [0.2, 0.25) is 11.8 Å². The number of hydrogen-bond donors (Lipinski definition) is 1. The van der Waals surface area contributed by atoms with Crippen LogP contribution in [-0.2, 0) is 9.59 Å². The number of carbonyl (C=O) groups is 2. The lowest BCUT2D eigenvalue weighted by Gasteiger charge is -2.33. The van der Waals surface area contributed by atoms with Gasteiger partial charge in [0.1, 0.15) is 5.75 Å². The summed E-state index contributed by atoms with van der Waals surface area (Å²) in [5.74, 6) is 1.11. The molecule has 28 heavy (non-hydrogen) atoms. The fourth-order valence-corrected chi connectivity index (χ4v) is 4.13. The Hall–Kier alpha value is -2.08. The van der Waals surface area contributed by atoms with Crippen LogP contribution in [0.3, 0.4) is 0 Å². The summed E-state index contributed by atoms with van der Waals surface area (Å²) < 4.78 is 5.56. The standard InChI is InChI=1S/C22H33N3O3/c1-2-28-20-10-6-5-9-19(20)23-21(26)17-24-15-11-18(12-16-24)22(27)25-13-7-3-4-8-14-25/h5-6,9-10,18H,2-4,7-8,11-17H2,1H3,(H,23,26). The van der Waals surface area contributed by atoms with E-state index in [1.54, 1.807) is 0 Å². The zero-order valence-electron chi connectivity index (χ0n) is 17.0. The van der Waals surface area contributed by atoms with Crippen molar-refractivity contribution in [1.29, 1.82) is 0 Å². The second kappa shape index (κ2) is 10.5. The predicted molar refractivity (Wildman–Crippen MR) is 110 cm³/mol. The van der Waals surface area contributed by atoms with Crippen molar-refractivity contribution in [3.05, 3.63) is 24.3 Å². The highest BCUT2D eigenvalue weighted by Crippen LogP contribution is 2.24. The average Bonchev–Trinajstić information content (AvgIpc) is 2.99. The van der Waals surface area contributed by atoms with E-state index >= 15 is 0 Å². The molecule has 1 aromatic carbocycles. The van der Waals surface area contributed by atoms with Crippen molar-refractivity contribution in [3.63, 3.8) is 0 Å². The summed E-state index contributed by atoms with van der Waals surface area (Å²) in [5.41, 5.74) is 0.709. The monoisotopic (exact) mass is 387 g/mol.